The van der Waals surface area contributed by atoms with Crippen LogP contribution in [-0.4, -0.2) is 61.4 Å². The zero-order valence-corrected chi connectivity index (χ0v) is 14.4. The molecule has 1 saturated heterocycles. The summed E-state index contributed by atoms with van der Waals surface area (Å²) in [6, 6.07) is 5.46. The standard InChI is InChI=1S/C18H23NO6/c1-3-4-13-5-6-15(16(9-13)23-2)25-12-17(20)19-7-8-24-14(11-19)10-18(21)22/h3-6,9,14H,7-8,10-12H2,1-2H3,(H,21,22). The van der Waals surface area contributed by atoms with E-state index in [1.165, 1.54) is 0 Å². The molecular formula is C18H23NO6. The zero-order valence-electron chi connectivity index (χ0n) is 14.4. The van der Waals surface area contributed by atoms with Crippen LogP contribution in [0.15, 0.2) is 24.3 Å². The average molecular weight is 349 g/mol. The Morgan fingerprint density at radius 3 is 2.88 bits per heavy atom. The molecule has 136 valence electrons. The number of hydrogen-bond donors (Lipinski definition) is 1. The molecule has 1 aromatic carbocycles. The summed E-state index contributed by atoms with van der Waals surface area (Å²) < 4.78 is 16.3. The molecule has 1 aromatic rings. The Balaban J connectivity index is 1.94. The number of carbonyl (C=O) groups excluding carboxylic acids is 1. The minimum atomic E-state index is -0.943. The lowest BCUT2D eigenvalue weighted by Crippen LogP contribution is -2.47. The molecule has 0 aromatic heterocycles. The summed E-state index contributed by atoms with van der Waals surface area (Å²) in [5, 5.41) is 8.83. The zero-order chi connectivity index (χ0) is 18.2. The second-order valence-corrected chi connectivity index (χ2v) is 5.63. The van der Waals surface area contributed by atoms with Crippen LogP contribution in [0.2, 0.25) is 0 Å². The maximum atomic E-state index is 12.3. The van der Waals surface area contributed by atoms with Crippen LogP contribution in [0.4, 0.5) is 0 Å². The van der Waals surface area contributed by atoms with E-state index in [-0.39, 0.29) is 25.5 Å². The first-order valence-corrected chi connectivity index (χ1v) is 8.08. The highest BCUT2D eigenvalue weighted by Crippen LogP contribution is 2.28. The van der Waals surface area contributed by atoms with Crippen LogP contribution in [0.25, 0.3) is 6.08 Å². The fourth-order valence-electron chi connectivity index (χ4n) is 2.59. The molecule has 0 spiro atoms. The quantitative estimate of drug-likeness (QED) is 0.808. The Hall–Kier alpha value is -2.54. The van der Waals surface area contributed by atoms with Crippen LogP contribution in [0, 0.1) is 0 Å². The molecule has 1 heterocycles. The smallest absolute Gasteiger partial charge is 0.306 e. The molecule has 2 rings (SSSR count). The van der Waals surface area contributed by atoms with Gasteiger partial charge in [-0.1, -0.05) is 18.2 Å². The van der Waals surface area contributed by atoms with Crippen molar-refractivity contribution in [2.24, 2.45) is 0 Å². The first-order chi connectivity index (χ1) is 12.0. The molecule has 0 saturated carbocycles. The van der Waals surface area contributed by atoms with Crippen molar-refractivity contribution in [3.63, 3.8) is 0 Å². The minimum Gasteiger partial charge on any atom is -0.493 e. The van der Waals surface area contributed by atoms with Crippen LogP contribution >= 0.6 is 0 Å². The third-order valence-electron chi connectivity index (χ3n) is 3.79. The summed E-state index contributed by atoms with van der Waals surface area (Å²) in [5.41, 5.74) is 0.975. The van der Waals surface area contributed by atoms with Gasteiger partial charge in [0.1, 0.15) is 0 Å². The van der Waals surface area contributed by atoms with E-state index in [4.69, 9.17) is 19.3 Å². The summed E-state index contributed by atoms with van der Waals surface area (Å²) in [6.07, 6.45) is 3.26. The van der Waals surface area contributed by atoms with Gasteiger partial charge in [-0.3, -0.25) is 9.59 Å². The lowest BCUT2D eigenvalue weighted by atomic mass is 10.2. The average Bonchev–Trinajstić information content (AvgIpc) is 2.60. The maximum absolute atomic E-state index is 12.3. The van der Waals surface area contributed by atoms with E-state index < -0.39 is 12.1 Å². The molecule has 1 atom stereocenters. The molecule has 1 fully saturated rings. The number of carboxylic acid groups (broad SMARTS) is 1. The van der Waals surface area contributed by atoms with Crippen molar-refractivity contribution in [2.45, 2.75) is 19.4 Å². The molecule has 1 aliphatic rings. The van der Waals surface area contributed by atoms with Gasteiger partial charge in [0.25, 0.3) is 5.91 Å². The molecule has 0 aliphatic carbocycles. The minimum absolute atomic E-state index is 0.120. The van der Waals surface area contributed by atoms with Crippen molar-refractivity contribution in [3.05, 3.63) is 29.8 Å². The van der Waals surface area contributed by atoms with E-state index in [1.54, 1.807) is 18.1 Å². The summed E-state index contributed by atoms with van der Waals surface area (Å²) in [6.45, 7) is 2.79. The van der Waals surface area contributed by atoms with Gasteiger partial charge >= 0.3 is 5.97 Å². The van der Waals surface area contributed by atoms with Crippen LogP contribution < -0.4 is 9.47 Å². The van der Waals surface area contributed by atoms with Crippen molar-refractivity contribution in [1.29, 1.82) is 0 Å². The van der Waals surface area contributed by atoms with E-state index in [0.29, 0.717) is 24.7 Å². The molecule has 7 nitrogen and oxygen atoms in total. The van der Waals surface area contributed by atoms with Crippen LogP contribution in [0.1, 0.15) is 18.9 Å². The van der Waals surface area contributed by atoms with E-state index in [9.17, 15) is 9.59 Å². The van der Waals surface area contributed by atoms with Crippen LogP contribution in [0.5, 0.6) is 11.5 Å². The SMILES string of the molecule is CC=Cc1ccc(OCC(=O)N2CCOC(CC(=O)O)C2)c(OC)c1. The lowest BCUT2D eigenvalue weighted by molar-refractivity contribution is -0.148. The molecule has 1 unspecified atom stereocenters. The number of carboxylic acids is 1. The summed E-state index contributed by atoms with van der Waals surface area (Å²) >= 11 is 0. The molecule has 1 N–H and O–H groups in total. The van der Waals surface area contributed by atoms with E-state index in [0.717, 1.165) is 5.56 Å². The highest BCUT2D eigenvalue weighted by Gasteiger charge is 2.26. The van der Waals surface area contributed by atoms with Gasteiger partial charge in [0.05, 0.1) is 26.2 Å². The van der Waals surface area contributed by atoms with Crippen LogP contribution in [-0.2, 0) is 14.3 Å². The van der Waals surface area contributed by atoms with E-state index in [2.05, 4.69) is 0 Å². The number of hydrogen-bond acceptors (Lipinski definition) is 5. The van der Waals surface area contributed by atoms with Gasteiger partial charge < -0.3 is 24.2 Å². The van der Waals surface area contributed by atoms with Gasteiger partial charge in [0.15, 0.2) is 18.1 Å². The number of aliphatic carboxylic acids is 1. The maximum Gasteiger partial charge on any atom is 0.306 e. The largest absolute Gasteiger partial charge is 0.493 e. The molecular weight excluding hydrogens is 326 g/mol. The third-order valence-corrected chi connectivity index (χ3v) is 3.79. The fourth-order valence-corrected chi connectivity index (χ4v) is 2.59. The molecule has 0 radical (unpaired) electrons. The number of amides is 1. The van der Waals surface area contributed by atoms with Crippen molar-refractivity contribution >= 4 is 18.0 Å². The Kier molecular flexibility index (Phi) is 6.82. The predicted octanol–water partition coefficient (Wildman–Crippen LogP) is 1.81. The van der Waals surface area contributed by atoms with Gasteiger partial charge in [-0.2, -0.15) is 0 Å². The highest BCUT2D eigenvalue weighted by molar-refractivity contribution is 5.78. The summed E-state index contributed by atoms with van der Waals surface area (Å²) in [4.78, 5) is 24.7. The third kappa shape index (κ3) is 5.49. The van der Waals surface area contributed by atoms with E-state index >= 15 is 0 Å². The second-order valence-electron chi connectivity index (χ2n) is 5.63. The highest BCUT2D eigenvalue weighted by atomic mass is 16.5. The topological polar surface area (TPSA) is 85.3 Å². The van der Waals surface area contributed by atoms with Gasteiger partial charge in [0.2, 0.25) is 0 Å². The van der Waals surface area contributed by atoms with Crippen molar-refractivity contribution < 1.29 is 28.9 Å². The van der Waals surface area contributed by atoms with Crippen molar-refractivity contribution in [1.82, 2.24) is 4.90 Å². The number of methoxy groups -OCH3 is 1. The normalized spacial score (nSPS) is 17.5. The first kappa shape index (κ1) is 18.8. The molecule has 1 aliphatic heterocycles. The summed E-state index contributed by atoms with van der Waals surface area (Å²) in [7, 11) is 1.54. The molecule has 7 heteroatoms. The van der Waals surface area contributed by atoms with Gasteiger partial charge in [0, 0.05) is 13.1 Å². The Morgan fingerprint density at radius 2 is 2.20 bits per heavy atom. The van der Waals surface area contributed by atoms with Crippen molar-refractivity contribution in [3.8, 4) is 11.5 Å². The summed E-state index contributed by atoms with van der Waals surface area (Å²) in [5.74, 6) is -0.117. The lowest BCUT2D eigenvalue weighted by Gasteiger charge is -2.32. The number of rotatable bonds is 7. The van der Waals surface area contributed by atoms with E-state index in [1.807, 2.05) is 31.2 Å². The number of allylic oxidation sites excluding steroid dienone is 1. The molecule has 25 heavy (non-hydrogen) atoms. The van der Waals surface area contributed by atoms with Crippen molar-refractivity contribution in [2.75, 3.05) is 33.4 Å². The number of carbonyl (C=O) groups is 2. The second kappa shape index (κ2) is 9.08. The van der Waals surface area contributed by atoms with Crippen LogP contribution in [0.3, 0.4) is 0 Å². The van der Waals surface area contributed by atoms with Gasteiger partial charge in [-0.15, -0.1) is 0 Å². The van der Waals surface area contributed by atoms with Gasteiger partial charge in [-0.05, 0) is 24.6 Å². The number of morpholine rings is 1. The number of ether oxygens (including phenoxy) is 3. The Bertz CT molecular complexity index is 642. The monoisotopic (exact) mass is 349 g/mol. The Labute approximate surface area is 146 Å². The fraction of sp³-hybridized carbons (Fsp3) is 0.444. The molecule has 0 bridgehead atoms. The first-order valence-electron chi connectivity index (χ1n) is 8.08. The number of benzene rings is 1. The van der Waals surface area contributed by atoms with Gasteiger partial charge in [-0.25, -0.2) is 0 Å². The molecule has 1 amide bonds. The Morgan fingerprint density at radius 1 is 1.40 bits per heavy atom. The predicted molar refractivity (Wildman–Crippen MR) is 91.8 cm³/mol. The number of nitrogens with zero attached hydrogens (tertiary/aromatic N) is 1.